The molecule has 0 atom stereocenters. The lowest BCUT2D eigenvalue weighted by Crippen LogP contribution is -2.31. The molecule has 2 heterocycles. The number of carbonyl (C=O) groups is 1. The highest BCUT2D eigenvalue weighted by molar-refractivity contribution is 5.96. The number of rotatable bonds is 5. The summed E-state index contributed by atoms with van der Waals surface area (Å²) in [5.74, 6) is 1.15. The maximum absolute atomic E-state index is 12.2. The van der Waals surface area contributed by atoms with Gasteiger partial charge < -0.3 is 15.0 Å². The van der Waals surface area contributed by atoms with Crippen LogP contribution in [0, 0.1) is 0 Å². The predicted octanol–water partition coefficient (Wildman–Crippen LogP) is 3.96. The Morgan fingerprint density at radius 2 is 1.89 bits per heavy atom. The van der Waals surface area contributed by atoms with Crippen LogP contribution in [0.15, 0.2) is 60.9 Å². The van der Waals surface area contributed by atoms with E-state index in [4.69, 9.17) is 4.74 Å². The van der Waals surface area contributed by atoms with Crippen molar-refractivity contribution < 1.29 is 9.53 Å². The lowest BCUT2D eigenvalue weighted by molar-refractivity contribution is 0.0527. The molecule has 0 radical (unpaired) electrons. The van der Waals surface area contributed by atoms with E-state index in [1.807, 2.05) is 24.3 Å². The van der Waals surface area contributed by atoms with Gasteiger partial charge in [0.25, 0.3) is 0 Å². The molecule has 0 fully saturated rings. The van der Waals surface area contributed by atoms with Crippen LogP contribution in [0.5, 0.6) is 0 Å². The highest BCUT2D eigenvalue weighted by Gasteiger charge is 2.18. The fourth-order valence-electron chi connectivity index (χ4n) is 3.40. The number of esters is 1. The maximum atomic E-state index is 12.2. The SMILES string of the molecule is CCOC(=O)c1ccccc1Nc1cc(N2CCc3ccccc3C2)ncn1. The molecular formula is C22H22N4O2. The fourth-order valence-corrected chi connectivity index (χ4v) is 3.40. The van der Waals surface area contributed by atoms with Gasteiger partial charge in [-0.2, -0.15) is 0 Å². The van der Waals surface area contributed by atoms with Gasteiger partial charge in [-0.25, -0.2) is 14.8 Å². The van der Waals surface area contributed by atoms with Gasteiger partial charge >= 0.3 is 5.97 Å². The molecule has 1 aliphatic heterocycles. The van der Waals surface area contributed by atoms with Crippen LogP contribution in [0.2, 0.25) is 0 Å². The highest BCUT2D eigenvalue weighted by atomic mass is 16.5. The van der Waals surface area contributed by atoms with Gasteiger partial charge in [-0.15, -0.1) is 0 Å². The van der Waals surface area contributed by atoms with Crippen LogP contribution in [-0.2, 0) is 17.7 Å². The quantitative estimate of drug-likeness (QED) is 0.682. The molecule has 4 rings (SSSR count). The standard InChI is InChI=1S/C22H22N4O2/c1-2-28-22(27)18-9-5-6-10-19(18)25-20-13-21(24-15-23-20)26-12-11-16-7-3-4-8-17(16)14-26/h3-10,13,15H,2,11-12,14H2,1H3,(H,23,24,25). The molecule has 0 unspecified atom stereocenters. The topological polar surface area (TPSA) is 67.3 Å². The van der Waals surface area contributed by atoms with E-state index in [0.717, 1.165) is 25.3 Å². The average Bonchev–Trinajstić information content (AvgIpc) is 2.74. The summed E-state index contributed by atoms with van der Waals surface area (Å²) in [7, 11) is 0. The fraction of sp³-hybridized carbons (Fsp3) is 0.227. The molecule has 6 heteroatoms. The van der Waals surface area contributed by atoms with Gasteiger partial charge in [-0.3, -0.25) is 0 Å². The van der Waals surface area contributed by atoms with E-state index < -0.39 is 0 Å². The van der Waals surface area contributed by atoms with E-state index >= 15 is 0 Å². The van der Waals surface area contributed by atoms with E-state index in [9.17, 15) is 4.79 Å². The molecule has 6 nitrogen and oxygen atoms in total. The van der Waals surface area contributed by atoms with Gasteiger partial charge in [0.15, 0.2) is 0 Å². The molecule has 0 amide bonds. The van der Waals surface area contributed by atoms with Crippen LogP contribution >= 0.6 is 0 Å². The van der Waals surface area contributed by atoms with E-state index in [-0.39, 0.29) is 5.97 Å². The normalized spacial score (nSPS) is 13.0. The van der Waals surface area contributed by atoms with Crippen molar-refractivity contribution >= 4 is 23.3 Å². The first-order valence-corrected chi connectivity index (χ1v) is 9.41. The minimum atomic E-state index is -0.354. The number of para-hydroxylation sites is 1. The van der Waals surface area contributed by atoms with Crippen molar-refractivity contribution in [2.75, 3.05) is 23.4 Å². The molecule has 0 saturated carbocycles. The molecule has 2 aromatic carbocycles. The summed E-state index contributed by atoms with van der Waals surface area (Å²) in [5.41, 5.74) is 3.87. The number of aromatic nitrogens is 2. The summed E-state index contributed by atoms with van der Waals surface area (Å²) in [6, 6.07) is 17.7. The number of benzene rings is 2. The monoisotopic (exact) mass is 374 g/mol. The lowest BCUT2D eigenvalue weighted by Gasteiger charge is -2.29. The van der Waals surface area contributed by atoms with Crippen LogP contribution in [0.1, 0.15) is 28.4 Å². The van der Waals surface area contributed by atoms with Crippen molar-refractivity contribution in [1.82, 2.24) is 9.97 Å². The molecule has 0 aliphatic carbocycles. The largest absolute Gasteiger partial charge is 0.462 e. The third-order valence-electron chi connectivity index (χ3n) is 4.79. The number of anilines is 3. The molecule has 28 heavy (non-hydrogen) atoms. The van der Waals surface area contributed by atoms with Gasteiger partial charge in [0.05, 0.1) is 17.9 Å². The molecular weight excluding hydrogens is 352 g/mol. The van der Waals surface area contributed by atoms with E-state index in [0.29, 0.717) is 23.7 Å². The Morgan fingerprint density at radius 3 is 2.75 bits per heavy atom. The van der Waals surface area contributed by atoms with Gasteiger partial charge in [-0.1, -0.05) is 36.4 Å². The number of ether oxygens (including phenoxy) is 1. The molecule has 142 valence electrons. The van der Waals surface area contributed by atoms with Crippen LogP contribution in [0.3, 0.4) is 0 Å². The Kier molecular flexibility index (Phi) is 5.19. The smallest absolute Gasteiger partial charge is 0.340 e. The number of nitrogens with one attached hydrogen (secondary N) is 1. The Balaban J connectivity index is 1.55. The summed E-state index contributed by atoms with van der Waals surface area (Å²) in [5, 5.41) is 3.23. The third kappa shape index (κ3) is 3.81. The van der Waals surface area contributed by atoms with Gasteiger partial charge in [-0.05, 0) is 36.6 Å². The maximum Gasteiger partial charge on any atom is 0.340 e. The van der Waals surface area contributed by atoms with Crippen LogP contribution in [-0.4, -0.2) is 29.1 Å². The van der Waals surface area contributed by atoms with Crippen LogP contribution in [0.4, 0.5) is 17.3 Å². The van der Waals surface area contributed by atoms with E-state index in [2.05, 4.69) is 44.5 Å². The zero-order valence-corrected chi connectivity index (χ0v) is 15.8. The number of fused-ring (bicyclic) bond motifs is 1. The Hall–Kier alpha value is -3.41. The number of carbonyl (C=O) groups excluding carboxylic acids is 1. The summed E-state index contributed by atoms with van der Waals surface area (Å²) in [6.45, 7) is 3.86. The Bertz CT molecular complexity index is 990. The molecule has 1 aromatic heterocycles. The molecule has 0 spiro atoms. The molecule has 0 bridgehead atoms. The first-order valence-electron chi connectivity index (χ1n) is 9.41. The number of hydrogen-bond donors (Lipinski definition) is 1. The zero-order chi connectivity index (χ0) is 19.3. The van der Waals surface area contributed by atoms with Crippen molar-refractivity contribution in [3.63, 3.8) is 0 Å². The third-order valence-corrected chi connectivity index (χ3v) is 4.79. The molecule has 1 N–H and O–H groups in total. The second-order valence-electron chi connectivity index (χ2n) is 6.59. The van der Waals surface area contributed by atoms with Crippen molar-refractivity contribution in [1.29, 1.82) is 0 Å². The molecule has 1 aliphatic rings. The average molecular weight is 374 g/mol. The summed E-state index contributed by atoms with van der Waals surface area (Å²) >= 11 is 0. The zero-order valence-electron chi connectivity index (χ0n) is 15.8. The first kappa shape index (κ1) is 18.0. The summed E-state index contributed by atoms with van der Waals surface area (Å²) in [4.78, 5) is 23.2. The van der Waals surface area contributed by atoms with Gasteiger partial charge in [0, 0.05) is 19.2 Å². The Labute approximate surface area is 164 Å². The molecule has 3 aromatic rings. The first-order chi connectivity index (χ1) is 13.7. The van der Waals surface area contributed by atoms with Gasteiger partial charge in [0.2, 0.25) is 0 Å². The van der Waals surface area contributed by atoms with E-state index in [1.54, 1.807) is 19.3 Å². The van der Waals surface area contributed by atoms with Crippen molar-refractivity contribution in [3.05, 3.63) is 77.6 Å². The molecule has 0 saturated heterocycles. The minimum Gasteiger partial charge on any atom is -0.462 e. The predicted molar refractivity (Wildman–Crippen MR) is 109 cm³/mol. The van der Waals surface area contributed by atoms with Gasteiger partial charge in [0.1, 0.15) is 18.0 Å². The second kappa shape index (κ2) is 8.08. The lowest BCUT2D eigenvalue weighted by atomic mass is 10.00. The summed E-state index contributed by atoms with van der Waals surface area (Å²) < 4.78 is 5.14. The minimum absolute atomic E-state index is 0.335. The van der Waals surface area contributed by atoms with Crippen LogP contribution < -0.4 is 10.2 Å². The summed E-state index contributed by atoms with van der Waals surface area (Å²) in [6.07, 6.45) is 2.54. The second-order valence-corrected chi connectivity index (χ2v) is 6.59. The van der Waals surface area contributed by atoms with Crippen LogP contribution in [0.25, 0.3) is 0 Å². The van der Waals surface area contributed by atoms with Crippen molar-refractivity contribution in [2.45, 2.75) is 19.9 Å². The van der Waals surface area contributed by atoms with Crippen molar-refractivity contribution in [3.8, 4) is 0 Å². The number of hydrogen-bond acceptors (Lipinski definition) is 6. The van der Waals surface area contributed by atoms with Crippen molar-refractivity contribution in [2.24, 2.45) is 0 Å². The van der Waals surface area contributed by atoms with E-state index in [1.165, 1.54) is 11.1 Å². The highest BCUT2D eigenvalue weighted by Crippen LogP contribution is 2.26. The Morgan fingerprint density at radius 1 is 1.11 bits per heavy atom. The number of nitrogens with zero attached hydrogens (tertiary/aromatic N) is 3.